The predicted octanol–water partition coefficient (Wildman–Crippen LogP) is 5.56. The molecular weight excluding hydrogens is 312 g/mol. The molecule has 1 aliphatic carbocycles. The lowest BCUT2D eigenvalue weighted by molar-refractivity contribution is 0.283. The maximum absolute atomic E-state index is 6.66. The van der Waals surface area contributed by atoms with E-state index in [0.717, 1.165) is 16.1 Å². The van der Waals surface area contributed by atoms with Crippen molar-refractivity contribution in [3.8, 4) is 5.75 Å². The van der Waals surface area contributed by atoms with Crippen LogP contribution < -0.4 is 4.74 Å². The highest BCUT2D eigenvalue weighted by molar-refractivity contribution is 9.10. The first-order chi connectivity index (χ1) is 8.61. The zero-order valence-electron chi connectivity index (χ0n) is 11.0. The highest BCUT2D eigenvalue weighted by Gasteiger charge is 2.26. The maximum Gasteiger partial charge on any atom is 0.120 e. The Labute approximate surface area is 123 Å². The largest absolute Gasteiger partial charge is 0.497 e. The second-order valence-electron chi connectivity index (χ2n) is 5.31. The minimum absolute atomic E-state index is 0.109. The van der Waals surface area contributed by atoms with Crippen molar-refractivity contribution in [2.24, 2.45) is 11.8 Å². The van der Waals surface area contributed by atoms with Gasteiger partial charge < -0.3 is 4.74 Å². The molecule has 1 aliphatic rings. The lowest BCUT2D eigenvalue weighted by Gasteiger charge is -2.30. The molecule has 0 saturated heterocycles. The normalized spacial score (nSPS) is 25.8. The molecule has 0 spiro atoms. The Morgan fingerprint density at radius 2 is 1.94 bits per heavy atom. The summed E-state index contributed by atoms with van der Waals surface area (Å²) >= 11 is 10.3. The van der Waals surface area contributed by atoms with E-state index in [4.69, 9.17) is 16.3 Å². The van der Waals surface area contributed by atoms with Crippen LogP contribution in [0.4, 0.5) is 0 Å². The second-order valence-corrected chi connectivity index (χ2v) is 6.63. The Hall–Kier alpha value is -0.210. The fourth-order valence-corrected chi connectivity index (χ4v) is 3.87. The molecule has 1 fully saturated rings. The first-order valence-electron chi connectivity index (χ1n) is 6.59. The van der Waals surface area contributed by atoms with E-state index in [1.54, 1.807) is 7.11 Å². The Morgan fingerprint density at radius 1 is 1.28 bits per heavy atom. The van der Waals surface area contributed by atoms with Gasteiger partial charge in [0.25, 0.3) is 0 Å². The third-order valence-electron chi connectivity index (χ3n) is 3.98. The molecule has 18 heavy (non-hydrogen) atoms. The summed E-state index contributed by atoms with van der Waals surface area (Å²) < 4.78 is 6.27. The van der Waals surface area contributed by atoms with E-state index >= 15 is 0 Å². The Bertz CT molecular complexity index is 399. The van der Waals surface area contributed by atoms with Gasteiger partial charge in [-0.05, 0) is 42.4 Å². The highest BCUT2D eigenvalue weighted by atomic mass is 79.9. The van der Waals surface area contributed by atoms with E-state index < -0.39 is 0 Å². The first-order valence-corrected chi connectivity index (χ1v) is 7.82. The van der Waals surface area contributed by atoms with Crippen LogP contribution in [-0.4, -0.2) is 7.11 Å². The predicted molar refractivity (Wildman–Crippen MR) is 80.4 cm³/mol. The molecule has 1 unspecified atom stereocenters. The molecule has 0 bridgehead atoms. The van der Waals surface area contributed by atoms with Crippen molar-refractivity contribution in [2.75, 3.05) is 7.11 Å². The van der Waals surface area contributed by atoms with Gasteiger partial charge >= 0.3 is 0 Å². The summed E-state index contributed by atoms with van der Waals surface area (Å²) in [6.45, 7) is 2.34. The van der Waals surface area contributed by atoms with Gasteiger partial charge in [0.15, 0.2) is 0 Å². The molecule has 1 aromatic rings. The van der Waals surface area contributed by atoms with E-state index in [1.807, 2.05) is 12.1 Å². The molecule has 0 aromatic heterocycles. The topological polar surface area (TPSA) is 9.23 Å². The molecule has 0 heterocycles. The van der Waals surface area contributed by atoms with E-state index in [2.05, 4.69) is 28.9 Å². The van der Waals surface area contributed by atoms with Gasteiger partial charge in [-0.3, -0.25) is 0 Å². The third kappa shape index (κ3) is 3.21. The van der Waals surface area contributed by atoms with Gasteiger partial charge in [-0.15, -0.1) is 11.6 Å². The number of methoxy groups -OCH3 is 1. The van der Waals surface area contributed by atoms with Crippen LogP contribution in [0.5, 0.6) is 5.75 Å². The third-order valence-corrected chi connectivity index (χ3v) is 5.26. The Balaban J connectivity index is 2.11. The molecule has 0 radical (unpaired) electrons. The van der Waals surface area contributed by atoms with Crippen molar-refractivity contribution in [3.63, 3.8) is 0 Å². The van der Waals surface area contributed by atoms with Gasteiger partial charge in [0.1, 0.15) is 5.75 Å². The molecule has 1 atom stereocenters. The summed E-state index contributed by atoms with van der Waals surface area (Å²) in [5.74, 6) is 2.34. The van der Waals surface area contributed by atoms with Crippen molar-refractivity contribution >= 4 is 27.5 Å². The molecule has 3 heteroatoms. The van der Waals surface area contributed by atoms with E-state index in [-0.39, 0.29) is 5.38 Å². The number of hydrogen-bond acceptors (Lipinski definition) is 1. The fraction of sp³-hybridized carbons (Fsp3) is 0.600. The van der Waals surface area contributed by atoms with Gasteiger partial charge in [-0.2, -0.15) is 0 Å². The van der Waals surface area contributed by atoms with E-state index in [0.29, 0.717) is 5.92 Å². The highest BCUT2D eigenvalue weighted by Crippen LogP contribution is 2.43. The average molecular weight is 332 g/mol. The van der Waals surface area contributed by atoms with E-state index in [9.17, 15) is 0 Å². The van der Waals surface area contributed by atoms with Crippen molar-refractivity contribution in [1.29, 1.82) is 0 Å². The van der Waals surface area contributed by atoms with Gasteiger partial charge in [0, 0.05) is 4.47 Å². The summed E-state index contributed by atoms with van der Waals surface area (Å²) in [5, 5.41) is 0.109. The molecule has 1 aromatic carbocycles. The number of benzene rings is 1. The molecule has 2 rings (SSSR count). The molecular formula is C15H20BrClO. The number of hydrogen-bond donors (Lipinski definition) is 0. The smallest absolute Gasteiger partial charge is 0.120 e. The number of ether oxygens (including phenoxy) is 1. The number of halogens is 2. The lowest BCUT2D eigenvalue weighted by Crippen LogP contribution is -2.16. The van der Waals surface area contributed by atoms with Crippen LogP contribution >= 0.6 is 27.5 Å². The van der Waals surface area contributed by atoms with Crippen LogP contribution in [0.15, 0.2) is 22.7 Å². The summed E-state index contributed by atoms with van der Waals surface area (Å²) in [6, 6.07) is 6.07. The van der Waals surface area contributed by atoms with Crippen LogP contribution in [0.2, 0.25) is 0 Å². The van der Waals surface area contributed by atoms with Crippen molar-refractivity contribution < 1.29 is 4.74 Å². The molecule has 100 valence electrons. The Morgan fingerprint density at radius 3 is 2.50 bits per heavy atom. The van der Waals surface area contributed by atoms with Crippen LogP contribution in [0.3, 0.4) is 0 Å². The molecule has 0 N–H and O–H groups in total. The average Bonchev–Trinajstić information content (AvgIpc) is 2.38. The quantitative estimate of drug-likeness (QED) is 0.658. The van der Waals surface area contributed by atoms with Crippen molar-refractivity contribution in [2.45, 2.75) is 38.0 Å². The summed E-state index contributed by atoms with van der Waals surface area (Å²) in [4.78, 5) is 0. The van der Waals surface area contributed by atoms with E-state index in [1.165, 1.54) is 31.2 Å². The van der Waals surface area contributed by atoms with Gasteiger partial charge in [0.05, 0.1) is 12.5 Å². The SMILES string of the molecule is COc1ccc(C(Cl)C2CCC(C)CC2)c(Br)c1. The van der Waals surface area contributed by atoms with Gasteiger partial charge in [-0.25, -0.2) is 0 Å². The van der Waals surface area contributed by atoms with Gasteiger partial charge in [0.2, 0.25) is 0 Å². The minimum atomic E-state index is 0.109. The zero-order chi connectivity index (χ0) is 13.1. The first kappa shape index (κ1) is 14.2. The molecule has 1 saturated carbocycles. The lowest BCUT2D eigenvalue weighted by atomic mass is 9.80. The maximum atomic E-state index is 6.66. The number of alkyl halides is 1. The summed E-state index contributed by atoms with van der Waals surface area (Å²) in [5.41, 5.74) is 1.19. The molecule has 0 aliphatic heterocycles. The zero-order valence-corrected chi connectivity index (χ0v) is 13.3. The van der Waals surface area contributed by atoms with Crippen LogP contribution in [0.25, 0.3) is 0 Å². The molecule has 1 nitrogen and oxygen atoms in total. The number of rotatable bonds is 3. The monoisotopic (exact) mass is 330 g/mol. The summed E-state index contributed by atoms with van der Waals surface area (Å²) in [6.07, 6.45) is 5.10. The molecule has 0 amide bonds. The fourth-order valence-electron chi connectivity index (χ4n) is 2.69. The van der Waals surface area contributed by atoms with Crippen LogP contribution in [0, 0.1) is 11.8 Å². The standard InChI is InChI=1S/C15H20BrClO/c1-10-3-5-11(6-4-10)15(17)13-8-7-12(18-2)9-14(13)16/h7-11,15H,3-6H2,1-2H3. The minimum Gasteiger partial charge on any atom is -0.497 e. The Kier molecular flexibility index (Phi) is 4.97. The second kappa shape index (κ2) is 6.29. The van der Waals surface area contributed by atoms with Crippen molar-refractivity contribution in [1.82, 2.24) is 0 Å². The van der Waals surface area contributed by atoms with Crippen LogP contribution in [0.1, 0.15) is 43.5 Å². The summed E-state index contributed by atoms with van der Waals surface area (Å²) in [7, 11) is 1.68. The van der Waals surface area contributed by atoms with Crippen LogP contribution in [-0.2, 0) is 0 Å². The van der Waals surface area contributed by atoms with Gasteiger partial charge in [-0.1, -0.05) is 41.8 Å². The van der Waals surface area contributed by atoms with Crippen molar-refractivity contribution in [3.05, 3.63) is 28.2 Å².